The van der Waals surface area contributed by atoms with Crippen molar-refractivity contribution in [2.24, 2.45) is 0 Å². The molecule has 0 spiro atoms. The molecule has 8 heteroatoms. The molecule has 30 heavy (non-hydrogen) atoms. The molecule has 4 aromatic rings. The van der Waals surface area contributed by atoms with Gasteiger partial charge in [0.05, 0.1) is 24.2 Å². The standard InChI is InChI=1S/C22H20N4O3S/c1-2-29-15-8-9-17-14(11-15)12-16-19(23)20(30-22(16)24-17)21(28)26-25-18(27)10-13-6-4-3-5-7-13/h3-9,11-12H,2,10,23H2,1H3,(H,25,27)(H,26,28). The van der Waals surface area contributed by atoms with E-state index in [1.165, 1.54) is 11.3 Å². The molecule has 2 aromatic heterocycles. The number of thiophene rings is 1. The van der Waals surface area contributed by atoms with Crippen molar-refractivity contribution < 1.29 is 14.3 Å². The van der Waals surface area contributed by atoms with Crippen LogP contribution in [0.15, 0.2) is 54.6 Å². The minimum absolute atomic E-state index is 0.165. The fourth-order valence-electron chi connectivity index (χ4n) is 3.12. The zero-order valence-corrected chi connectivity index (χ0v) is 17.1. The molecule has 0 aliphatic heterocycles. The van der Waals surface area contributed by atoms with E-state index in [1.54, 1.807) is 0 Å². The van der Waals surface area contributed by atoms with Crippen LogP contribution in [0, 0.1) is 0 Å². The molecule has 0 unspecified atom stereocenters. The van der Waals surface area contributed by atoms with E-state index in [4.69, 9.17) is 10.5 Å². The van der Waals surface area contributed by atoms with Crippen LogP contribution in [0.25, 0.3) is 21.1 Å². The summed E-state index contributed by atoms with van der Waals surface area (Å²) in [5, 5.41) is 1.57. The van der Waals surface area contributed by atoms with Crippen LogP contribution in [-0.4, -0.2) is 23.4 Å². The number of fused-ring (bicyclic) bond motifs is 2. The Hall–Kier alpha value is -3.65. The number of anilines is 1. The Balaban J connectivity index is 1.53. The molecule has 2 aromatic carbocycles. The number of nitrogen functional groups attached to an aromatic ring is 1. The van der Waals surface area contributed by atoms with Gasteiger partial charge in [0.2, 0.25) is 5.91 Å². The number of pyridine rings is 1. The second kappa shape index (κ2) is 8.38. The molecule has 0 aliphatic carbocycles. The number of hydrogen-bond donors (Lipinski definition) is 3. The molecular formula is C22H20N4O3S. The number of nitrogens with one attached hydrogen (secondary N) is 2. The van der Waals surface area contributed by atoms with Crippen molar-refractivity contribution in [1.82, 2.24) is 15.8 Å². The molecule has 0 saturated heterocycles. The fourth-order valence-corrected chi connectivity index (χ4v) is 4.10. The molecule has 4 N–H and O–H groups in total. The van der Waals surface area contributed by atoms with E-state index in [1.807, 2.05) is 61.5 Å². The van der Waals surface area contributed by atoms with E-state index >= 15 is 0 Å². The Morgan fingerprint density at radius 2 is 1.90 bits per heavy atom. The predicted octanol–water partition coefficient (Wildman–Crippen LogP) is 3.43. The predicted molar refractivity (Wildman–Crippen MR) is 118 cm³/mol. The second-order valence-electron chi connectivity index (χ2n) is 6.64. The SMILES string of the molecule is CCOc1ccc2nc3sc(C(=O)NNC(=O)Cc4ccccc4)c(N)c3cc2c1. The fraction of sp³-hybridized carbons (Fsp3) is 0.136. The number of nitrogens with zero attached hydrogens (tertiary/aromatic N) is 1. The van der Waals surface area contributed by atoms with Gasteiger partial charge in [-0.3, -0.25) is 20.4 Å². The number of benzene rings is 2. The molecular weight excluding hydrogens is 400 g/mol. The summed E-state index contributed by atoms with van der Waals surface area (Å²) in [7, 11) is 0. The molecule has 0 fully saturated rings. The van der Waals surface area contributed by atoms with Gasteiger partial charge in [-0.05, 0) is 36.8 Å². The summed E-state index contributed by atoms with van der Waals surface area (Å²) in [6.45, 7) is 2.49. The van der Waals surface area contributed by atoms with Crippen molar-refractivity contribution in [3.05, 3.63) is 65.0 Å². The average Bonchev–Trinajstić information content (AvgIpc) is 3.07. The Kier molecular flexibility index (Phi) is 5.49. The van der Waals surface area contributed by atoms with Crippen LogP contribution in [0.4, 0.5) is 5.69 Å². The summed E-state index contributed by atoms with van der Waals surface area (Å²) in [5.41, 5.74) is 13.1. The molecule has 0 radical (unpaired) electrons. The maximum Gasteiger partial charge on any atom is 0.281 e. The van der Waals surface area contributed by atoms with Crippen LogP contribution >= 0.6 is 11.3 Å². The van der Waals surface area contributed by atoms with Crippen LogP contribution in [0.1, 0.15) is 22.2 Å². The highest BCUT2D eigenvalue weighted by Gasteiger charge is 2.18. The van der Waals surface area contributed by atoms with Gasteiger partial charge in [-0.1, -0.05) is 30.3 Å². The first-order chi connectivity index (χ1) is 14.5. The highest BCUT2D eigenvalue weighted by molar-refractivity contribution is 7.21. The molecule has 2 heterocycles. The number of hydrogen-bond acceptors (Lipinski definition) is 6. The van der Waals surface area contributed by atoms with Gasteiger partial charge < -0.3 is 10.5 Å². The second-order valence-corrected chi connectivity index (χ2v) is 7.64. The van der Waals surface area contributed by atoms with E-state index in [0.29, 0.717) is 27.4 Å². The first-order valence-corrected chi connectivity index (χ1v) is 10.3. The summed E-state index contributed by atoms with van der Waals surface area (Å²) >= 11 is 1.19. The van der Waals surface area contributed by atoms with Gasteiger partial charge in [0.15, 0.2) is 0 Å². The Morgan fingerprint density at radius 3 is 2.67 bits per heavy atom. The van der Waals surface area contributed by atoms with Crippen molar-refractivity contribution in [3.8, 4) is 5.75 Å². The van der Waals surface area contributed by atoms with E-state index in [0.717, 1.165) is 22.2 Å². The van der Waals surface area contributed by atoms with Gasteiger partial charge in [-0.2, -0.15) is 0 Å². The van der Waals surface area contributed by atoms with E-state index in [9.17, 15) is 9.59 Å². The minimum Gasteiger partial charge on any atom is -0.494 e. The lowest BCUT2D eigenvalue weighted by atomic mass is 10.1. The number of rotatable bonds is 5. The van der Waals surface area contributed by atoms with E-state index in [-0.39, 0.29) is 12.3 Å². The number of carbonyl (C=O) groups excluding carboxylic acids is 2. The highest BCUT2D eigenvalue weighted by Crippen LogP contribution is 2.35. The molecule has 0 aliphatic rings. The van der Waals surface area contributed by atoms with Gasteiger partial charge in [-0.25, -0.2) is 4.98 Å². The van der Waals surface area contributed by atoms with Crippen LogP contribution < -0.4 is 21.3 Å². The molecule has 7 nitrogen and oxygen atoms in total. The van der Waals surface area contributed by atoms with E-state index < -0.39 is 5.91 Å². The molecule has 4 rings (SSSR count). The third-order valence-corrected chi connectivity index (χ3v) is 5.64. The number of nitrogens with two attached hydrogens (primary N) is 1. The zero-order chi connectivity index (χ0) is 21.1. The Labute approximate surface area is 176 Å². The normalized spacial score (nSPS) is 10.8. The van der Waals surface area contributed by atoms with Crippen molar-refractivity contribution in [1.29, 1.82) is 0 Å². The summed E-state index contributed by atoms with van der Waals surface area (Å²) in [6.07, 6.45) is 0.165. The van der Waals surface area contributed by atoms with Gasteiger partial charge in [-0.15, -0.1) is 11.3 Å². The average molecular weight is 420 g/mol. The van der Waals surface area contributed by atoms with Gasteiger partial charge in [0, 0.05) is 10.8 Å². The van der Waals surface area contributed by atoms with Crippen molar-refractivity contribution in [2.45, 2.75) is 13.3 Å². The van der Waals surface area contributed by atoms with Crippen molar-refractivity contribution >= 4 is 50.0 Å². The Morgan fingerprint density at radius 1 is 1.10 bits per heavy atom. The lowest BCUT2D eigenvalue weighted by Crippen LogP contribution is -2.42. The number of ether oxygens (including phenoxy) is 1. The lowest BCUT2D eigenvalue weighted by Gasteiger charge is -2.07. The third-order valence-electron chi connectivity index (χ3n) is 4.52. The molecule has 0 bridgehead atoms. The van der Waals surface area contributed by atoms with Crippen LogP contribution in [0.3, 0.4) is 0 Å². The smallest absolute Gasteiger partial charge is 0.281 e. The van der Waals surface area contributed by atoms with Crippen molar-refractivity contribution in [2.75, 3.05) is 12.3 Å². The third kappa shape index (κ3) is 4.04. The number of amides is 2. The highest BCUT2D eigenvalue weighted by atomic mass is 32.1. The molecule has 2 amide bonds. The number of carbonyl (C=O) groups is 2. The van der Waals surface area contributed by atoms with E-state index in [2.05, 4.69) is 15.8 Å². The van der Waals surface area contributed by atoms with Crippen LogP contribution in [-0.2, 0) is 11.2 Å². The van der Waals surface area contributed by atoms with Crippen LogP contribution in [0.2, 0.25) is 0 Å². The molecule has 0 atom stereocenters. The largest absolute Gasteiger partial charge is 0.494 e. The maximum atomic E-state index is 12.6. The van der Waals surface area contributed by atoms with Gasteiger partial charge in [0.1, 0.15) is 15.5 Å². The monoisotopic (exact) mass is 420 g/mol. The first-order valence-electron chi connectivity index (χ1n) is 9.44. The topological polar surface area (TPSA) is 106 Å². The van der Waals surface area contributed by atoms with Gasteiger partial charge in [0.25, 0.3) is 5.91 Å². The maximum absolute atomic E-state index is 12.6. The van der Waals surface area contributed by atoms with Gasteiger partial charge >= 0.3 is 0 Å². The summed E-state index contributed by atoms with van der Waals surface area (Å²) in [4.78, 5) is 30.2. The summed E-state index contributed by atoms with van der Waals surface area (Å²) in [6, 6.07) is 16.8. The molecule has 152 valence electrons. The first kappa shape index (κ1) is 19.7. The quantitative estimate of drug-likeness (QED) is 0.429. The lowest BCUT2D eigenvalue weighted by molar-refractivity contribution is -0.121. The molecule has 0 saturated carbocycles. The number of aromatic nitrogens is 1. The van der Waals surface area contributed by atoms with Crippen molar-refractivity contribution in [3.63, 3.8) is 0 Å². The summed E-state index contributed by atoms with van der Waals surface area (Å²) < 4.78 is 5.54. The minimum atomic E-state index is -0.476. The van der Waals surface area contributed by atoms with Crippen LogP contribution in [0.5, 0.6) is 5.75 Å². The number of hydrazine groups is 1. The zero-order valence-electron chi connectivity index (χ0n) is 16.3. The Bertz CT molecular complexity index is 1240. The summed E-state index contributed by atoms with van der Waals surface area (Å²) in [5.74, 6) is -0.0448.